The second-order valence-electron chi connectivity index (χ2n) is 12.7. The monoisotopic (exact) mass is 590 g/mol. The van der Waals surface area contributed by atoms with E-state index >= 15 is 0 Å². The quantitative estimate of drug-likeness (QED) is 0.178. The minimum atomic E-state index is -0.464. The topological polar surface area (TPSA) is 36.9 Å². The zero-order valence-corrected chi connectivity index (χ0v) is 25.1. The fraction of sp³-hybridized carbons (Fsp3) is 0.220. The van der Waals surface area contributed by atoms with Gasteiger partial charge in [0.05, 0.1) is 45.1 Å². The lowest BCUT2D eigenvalue weighted by Crippen LogP contribution is -2.32. The third-order valence-corrected chi connectivity index (χ3v) is 9.83. The van der Waals surface area contributed by atoms with Crippen molar-refractivity contribution < 1.29 is 18.9 Å². The molecular formula is C41H34O4. The third kappa shape index (κ3) is 4.43. The molecule has 0 radical (unpaired) electrons. The van der Waals surface area contributed by atoms with Crippen molar-refractivity contribution in [3.63, 3.8) is 0 Å². The van der Waals surface area contributed by atoms with Crippen LogP contribution in [0.5, 0.6) is 11.5 Å². The Hall–Kier alpha value is -4.64. The highest BCUT2D eigenvalue weighted by Gasteiger charge is 2.46. The van der Waals surface area contributed by atoms with Crippen LogP contribution in [0.4, 0.5) is 0 Å². The first-order valence-corrected chi connectivity index (χ1v) is 15.9. The highest BCUT2D eigenvalue weighted by molar-refractivity contribution is 5.92. The van der Waals surface area contributed by atoms with Crippen LogP contribution in [-0.2, 0) is 14.9 Å². The molecule has 45 heavy (non-hydrogen) atoms. The molecule has 9 rings (SSSR count). The summed E-state index contributed by atoms with van der Waals surface area (Å²) >= 11 is 0. The molecule has 3 aliphatic rings. The van der Waals surface area contributed by atoms with Gasteiger partial charge in [-0.15, -0.1) is 0 Å². The molecule has 222 valence electrons. The van der Waals surface area contributed by atoms with E-state index in [0.29, 0.717) is 25.0 Å². The summed E-state index contributed by atoms with van der Waals surface area (Å²) in [4.78, 5) is 0. The lowest BCUT2D eigenvalue weighted by atomic mass is 9.67. The largest absolute Gasteiger partial charge is 0.493 e. The van der Waals surface area contributed by atoms with Crippen LogP contribution in [-0.4, -0.2) is 39.6 Å². The molecule has 2 fully saturated rings. The maximum absolute atomic E-state index is 6.12. The Kier molecular flexibility index (Phi) is 6.39. The van der Waals surface area contributed by atoms with Gasteiger partial charge in [0, 0.05) is 11.8 Å². The van der Waals surface area contributed by atoms with Crippen LogP contribution < -0.4 is 9.47 Å². The first-order valence-electron chi connectivity index (χ1n) is 15.9. The van der Waals surface area contributed by atoms with Crippen molar-refractivity contribution in [2.75, 3.05) is 39.6 Å². The molecule has 0 N–H and O–H groups in total. The van der Waals surface area contributed by atoms with Gasteiger partial charge >= 0.3 is 0 Å². The predicted molar refractivity (Wildman–Crippen MR) is 178 cm³/mol. The molecule has 6 aromatic carbocycles. The first-order chi connectivity index (χ1) is 22.3. The van der Waals surface area contributed by atoms with Gasteiger partial charge in [-0.3, -0.25) is 0 Å². The number of hydrogen-bond acceptors (Lipinski definition) is 4. The average molecular weight is 591 g/mol. The van der Waals surface area contributed by atoms with Crippen LogP contribution in [0.1, 0.15) is 22.3 Å². The van der Waals surface area contributed by atoms with E-state index in [2.05, 4.69) is 121 Å². The van der Waals surface area contributed by atoms with Crippen LogP contribution in [0.2, 0.25) is 0 Å². The zero-order chi connectivity index (χ0) is 29.8. The van der Waals surface area contributed by atoms with Crippen molar-refractivity contribution in [2.24, 2.45) is 11.8 Å². The molecule has 4 heteroatoms. The van der Waals surface area contributed by atoms with E-state index in [1.807, 2.05) is 0 Å². The molecule has 2 heterocycles. The van der Waals surface area contributed by atoms with Gasteiger partial charge in [0.25, 0.3) is 0 Å². The van der Waals surface area contributed by atoms with E-state index in [0.717, 1.165) is 37.9 Å². The maximum atomic E-state index is 6.12. The summed E-state index contributed by atoms with van der Waals surface area (Å²) in [6, 6.07) is 44.6. The number of fused-ring (bicyclic) bond motifs is 5. The molecule has 0 amide bonds. The fourth-order valence-corrected chi connectivity index (χ4v) is 7.31. The standard InChI is InChI=1S/C41H34O4/c1-3-7-39-37(5-1)38-6-2-4-8-40(38)41(39,33-13-9-31-19-35(15-11-29(31)17-33)44-25-27-21-42-22-27)34-14-10-32-20-36(16-12-30(32)18-34)45-26-28-23-43-24-28/h1-20,27-28H,21-26H2. The van der Waals surface area contributed by atoms with Crippen molar-refractivity contribution >= 4 is 21.5 Å². The highest BCUT2D eigenvalue weighted by atomic mass is 16.5. The maximum Gasteiger partial charge on any atom is 0.119 e. The van der Waals surface area contributed by atoms with Gasteiger partial charge < -0.3 is 18.9 Å². The summed E-state index contributed by atoms with van der Waals surface area (Å²) < 4.78 is 22.9. The van der Waals surface area contributed by atoms with E-state index in [1.165, 1.54) is 54.9 Å². The van der Waals surface area contributed by atoms with Crippen molar-refractivity contribution in [2.45, 2.75) is 5.41 Å². The van der Waals surface area contributed by atoms with Crippen LogP contribution in [0, 0.1) is 11.8 Å². The average Bonchev–Trinajstić information content (AvgIpc) is 3.34. The molecule has 0 aromatic heterocycles. The summed E-state index contributed by atoms with van der Waals surface area (Å²) in [5, 5.41) is 4.76. The lowest BCUT2D eigenvalue weighted by Gasteiger charge is -2.34. The Balaban J connectivity index is 1.17. The van der Waals surface area contributed by atoms with Crippen molar-refractivity contribution in [1.82, 2.24) is 0 Å². The van der Waals surface area contributed by atoms with E-state index in [9.17, 15) is 0 Å². The molecule has 0 unspecified atom stereocenters. The Morgan fingerprint density at radius 2 is 0.911 bits per heavy atom. The van der Waals surface area contributed by atoms with Gasteiger partial charge in [0.1, 0.15) is 11.5 Å². The zero-order valence-electron chi connectivity index (χ0n) is 25.1. The molecule has 0 saturated carbocycles. The third-order valence-electron chi connectivity index (χ3n) is 9.83. The minimum absolute atomic E-state index is 0.464. The molecule has 0 atom stereocenters. The fourth-order valence-electron chi connectivity index (χ4n) is 7.31. The second kappa shape index (κ2) is 10.8. The molecule has 6 aromatic rings. The van der Waals surface area contributed by atoms with Gasteiger partial charge in [-0.2, -0.15) is 0 Å². The Morgan fingerprint density at radius 1 is 0.489 bits per heavy atom. The smallest absolute Gasteiger partial charge is 0.119 e. The molecule has 2 saturated heterocycles. The van der Waals surface area contributed by atoms with E-state index in [1.54, 1.807) is 0 Å². The SMILES string of the molecule is c1ccc2c(c1)-c1ccccc1C2(c1ccc2cc(OCC3COC3)ccc2c1)c1ccc2cc(OCC3COC3)ccc2c1. The Bertz CT molecular complexity index is 1910. The van der Waals surface area contributed by atoms with Crippen LogP contribution in [0.15, 0.2) is 121 Å². The molecule has 1 aliphatic carbocycles. The second-order valence-corrected chi connectivity index (χ2v) is 12.7. The number of rotatable bonds is 8. The van der Waals surface area contributed by atoms with Crippen LogP contribution in [0.3, 0.4) is 0 Å². The van der Waals surface area contributed by atoms with Gasteiger partial charge in [-0.25, -0.2) is 0 Å². The summed E-state index contributed by atoms with van der Waals surface area (Å²) in [5.41, 5.74) is 7.27. The number of benzene rings is 6. The van der Waals surface area contributed by atoms with Gasteiger partial charge in [0.15, 0.2) is 0 Å². The van der Waals surface area contributed by atoms with Crippen LogP contribution >= 0.6 is 0 Å². The molecule has 0 bridgehead atoms. The van der Waals surface area contributed by atoms with Crippen molar-refractivity contribution in [1.29, 1.82) is 0 Å². The van der Waals surface area contributed by atoms with Crippen LogP contribution in [0.25, 0.3) is 32.7 Å². The minimum Gasteiger partial charge on any atom is -0.493 e. The summed E-state index contributed by atoms with van der Waals surface area (Å²) in [6.07, 6.45) is 0. The van der Waals surface area contributed by atoms with Gasteiger partial charge in [-0.05, 0) is 91.3 Å². The van der Waals surface area contributed by atoms with E-state index < -0.39 is 5.41 Å². The Labute approximate surface area is 263 Å². The van der Waals surface area contributed by atoms with Gasteiger partial charge in [0.2, 0.25) is 0 Å². The normalized spacial score (nSPS) is 17.0. The van der Waals surface area contributed by atoms with E-state index in [-0.39, 0.29) is 0 Å². The highest BCUT2D eigenvalue weighted by Crippen LogP contribution is 2.56. The molecule has 0 spiro atoms. The Morgan fingerprint density at radius 3 is 1.36 bits per heavy atom. The lowest BCUT2D eigenvalue weighted by molar-refractivity contribution is -0.0509. The van der Waals surface area contributed by atoms with Gasteiger partial charge in [-0.1, -0.05) is 84.9 Å². The number of ether oxygens (including phenoxy) is 4. The first kappa shape index (κ1) is 26.7. The molecule has 4 nitrogen and oxygen atoms in total. The summed E-state index contributed by atoms with van der Waals surface area (Å²) in [5.74, 6) is 2.81. The molecule has 2 aliphatic heterocycles. The predicted octanol–water partition coefficient (Wildman–Crippen LogP) is 8.41. The summed E-state index contributed by atoms with van der Waals surface area (Å²) in [7, 11) is 0. The number of hydrogen-bond donors (Lipinski definition) is 0. The molecular weight excluding hydrogens is 556 g/mol. The van der Waals surface area contributed by atoms with Crippen molar-refractivity contribution in [3.05, 3.63) is 144 Å². The summed E-state index contributed by atoms with van der Waals surface area (Å²) in [6.45, 7) is 4.57. The van der Waals surface area contributed by atoms with E-state index in [4.69, 9.17) is 18.9 Å². The van der Waals surface area contributed by atoms with Crippen molar-refractivity contribution in [3.8, 4) is 22.6 Å².